The SMILES string of the molecule is O=C(c1ccccc1-n1cccc1)N1CC(c2ncc(C3CC3)cn2)C1. The number of nitrogens with zero attached hydrogens (tertiary/aromatic N) is 4. The largest absolute Gasteiger partial charge is 0.337 e. The third-order valence-corrected chi connectivity index (χ3v) is 5.29. The predicted octanol–water partition coefficient (Wildman–Crippen LogP) is 3.38. The Labute approximate surface area is 152 Å². The first-order chi connectivity index (χ1) is 12.8. The summed E-state index contributed by atoms with van der Waals surface area (Å²) in [5.74, 6) is 1.84. The zero-order valence-electron chi connectivity index (χ0n) is 14.5. The van der Waals surface area contributed by atoms with Gasteiger partial charge in [-0.05, 0) is 48.6 Å². The quantitative estimate of drug-likeness (QED) is 0.729. The van der Waals surface area contributed by atoms with Crippen LogP contribution in [-0.2, 0) is 0 Å². The summed E-state index contributed by atoms with van der Waals surface area (Å²) in [5, 5.41) is 0. The summed E-state index contributed by atoms with van der Waals surface area (Å²) in [6, 6.07) is 11.7. The molecule has 2 aromatic heterocycles. The van der Waals surface area contributed by atoms with Crippen LogP contribution < -0.4 is 0 Å². The van der Waals surface area contributed by atoms with Gasteiger partial charge in [0.05, 0.1) is 17.2 Å². The molecule has 5 heteroatoms. The van der Waals surface area contributed by atoms with Crippen molar-refractivity contribution in [3.8, 4) is 5.69 Å². The molecule has 0 bridgehead atoms. The van der Waals surface area contributed by atoms with Gasteiger partial charge in [0.15, 0.2) is 0 Å². The molecule has 1 amide bonds. The van der Waals surface area contributed by atoms with Gasteiger partial charge in [0.1, 0.15) is 5.82 Å². The summed E-state index contributed by atoms with van der Waals surface area (Å²) in [6.07, 6.45) is 10.4. The molecule has 1 saturated carbocycles. The monoisotopic (exact) mass is 344 g/mol. The van der Waals surface area contributed by atoms with E-state index in [-0.39, 0.29) is 11.8 Å². The lowest BCUT2D eigenvalue weighted by Crippen LogP contribution is -2.49. The molecule has 2 aliphatic rings. The van der Waals surface area contributed by atoms with Crippen molar-refractivity contribution >= 4 is 5.91 Å². The molecule has 1 aliphatic heterocycles. The molecular formula is C21H20N4O. The molecule has 130 valence electrons. The minimum absolute atomic E-state index is 0.0696. The van der Waals surface area contributed by atoms with E-state index in [1.807, 2.05) is 70.7 Å². The van der Waals surface area contributed by atoms with Crippen molar-refractivity contribution in [2.24, 2.45) is 0 Å². The zero-order valence-corrected chi connectivity index (χ0v) is 14.5. The van der Waals surface area contributed by atoms with Crippen molar-refractivity contribution < 1.29 is 4.79 Å². The van der Waals surface area contributed by atoms with Gasteiger partial charge in [0, 0.05) is 37.9 Å². The second kappa shape index (κ2) is 6.09. The number of para-hydroxylation sites is 1. The highest BCUT2D eigenvalue weighted by molar-refractivity contribution is 5.98. The second-order valence-corrected chi connectivity index (χ2v) is 7.16. The van der Waals surface area contributed by atoms with E-state index in [9.17, 15) is 4.79 Å². The number of carbonyl (C=O) groups is 1. The average Bonchev–Trinajstić information content (AvgIpc) is 3.35. The number of hydrogen-bond acceptors (Lipinski definition) is 3. The highest BCUT2D eigenvalue weighted by Gasteiger charge is 2.35. The molecule has 0 spiro atoms. The second-order valence-electron chi connectivity index (χ2n) is 7.16. The molecule has 0 radical (unpaired) electrons. The zero-order chi connectivity index (χ0) is 17.5. The Morgan fingerprint density at radius 2 is 1.62 bits per heavy atom. The Kier molecular flexibility index (Phi) is 3.59. The summed E-state index contributed by atoms with van der Waals surface area (Å²) in [5.41, 5.74) is 2.89. The van der Waals surface area contributed by atoms with E-state index in [0.29, 0.717) is 19.0 Å². The number of rotatable bonds is 4. The van der Waals surface area contributed by atoms with Crippen molar-refractivity contribution in [3.63, 3.8) is 0 Å². The molecule has 5 rings (SSSR count). The number of likely N-dealkylation sites (tertiary alicyclic amines) is 1. The number of amides is 1. The minimum atomic E-state index is 0.0696. The van der Waals surface area contributed by atoms with E-state index in [0.717, 1.165) is 17.1 Å². The van der Waals surface area contributed by atoms with Crippen LogP contribution in [0.15, 0.2) is 61.2 Å². The lowest BCUT2D eigenvalue weighted by molar-refractivity contribution is 0.0594. The van der Waals surface area contributed by atoms with Crippen LogP contribution in [0.3, 0.4) is 0 Å². The third kappa shape index (κ3) is 2.69. The first-order valence-electron chi connectivity index (χ1n) is 9.13. The number of benzene rings is 1. The molecule has 0 N–H and O–H groups in total. The molecule has 0 unspecified atom stereocenters. The standard InChI is InChI=1S/C21H20N4O/c26-21(18-5-1-2-6-19(18)24-9-3-4-10-24)25-13-17(14-25)20-22-11-16(12-23-20)15-7-8-15/h1-6,9-12,15,17H,7-8,13-14H2. The third-order valence-electron chi connectivity index (χ3n) is 5.29. The molecule has 2 fully saturated rings. The Balaban J connectivity index is 1.30. The van der Waals surface area contributed by atoms with Crippen LogP contribution in [0.1, 0.15) is 46.4 Å². The fourth-order valence-corrected chi connectivity index (χ4v) is 3.54. The van der Waals surface area contributed by atoms with Gasteiger partial charge in [-0.1, -0.05) is 12.1 Å². The highest BCUT2D eigenvalue weighted by Crippen LogP contribution is 2.39. The van der Waals surface area contributed by atoms with Crippen LogP contribution in [0.25, 0.3) is 5.69 Å². The lowest BCUT2D eigenvalue weighted by Gasteiger charge is -2.38. The van der Waals surface area contributed by atoms with Gasteiger partial charge in [0.2, 0.25) is 0 Å². The topological polar surface area (TPSA) is 51.0 Å². The predicted molar refractivity (Wildman–Crippen MR) is 98.4 cm³/mol. The molecular weight excluding hydrogens is 324 g/mol. The van der Waals surface area contributed by atoms with Crippen LogP contribution >= 0.6 is 0 Å². The Morgan fingerprint density at radius 1 is 0.923 bits per heavy atom. The van der Waals surface area contributed by atoms with Gasteiger partial charge in [-0.3, -0.25) is 4.79 Å². The molecule has 1 aliphatic carbocycles. The van der Waals surface area contributed by atoms with Crippen LogP contribution in [0, 0.1) is 0 Å². The van der Waals surface area contributed by atoms with Gasteiger partial charge in [-0.25, -0.2) is 9.97 Å². The first-order valence-corrected chi connectivity index (χ1v) is 9.13. The fraction of sp³-hybridized carbons (Fsp3) is 0.286. The molecule has 1 aromatic carbocycles. The normalized spacial score (nSPS) is 17.2. The van der Waals surface area contributed by atoms with Crippen LogP contribution in [0.5, 0.6) is 0 Å². The van der Waals surface area contributed by atoms with Gasteiger partial charge >= 0.3 is 0 Å². The summed E-state index contributed by atoms with van der Waals surface area (Å²) in [7, 11) is 0. The average molecular weight is 344 g/mol. The molecule has 1 saturated heterocycles. The molecule has 0 atom stereocenters. The minimum Gasteiger partial charge on any atom is -0.337 e. The highest BCUT2D eigenvalue weighted by atomic mass is 16.2. The van der Waals surface area contributed by atoms with Crippen LogP contribution in [0.4, 0.5) is 0 Å². The van der Waals surface area contributed by atoms with Crippen molar-refractivity contribution in [2.75, 3.05) is 13.1 Å². The molecule has 26 heavy (non-hydrogen) atoms. The van der Waals surface area contributed by atoms with E-state index < -0.39 is 0 Å². The fourth-order valence-electron chi connectivity index (χ4n) is 3.54. The van der Waals surface area contributed by atoms with Crippen molar-refractivity contribution in [1.29, 1.82) is 0 Å². The van der Waals surface area contributed by atoms with E-state index >= 15 is 0 Å². The van der Waals surface area contributed by atoms with Gasteiger partial charge in [0.25, 0.3) is 5.91 Å². The maximum absolute atomic E-state index is 12.9. The number of hydrogen-bond donors (Lipinski definition) is 0. The summed E-state index contributed by atoms with van der Waals surface area (Å²) in [4.78, 5) is 23.9. The number of carbonyl (C=O) groups excluding carboxylic acids is 1. The Morgan fingerprint density at radius 3 is 2.31 bits per heavy atom. The van der Waals surface area contributed by atoms with E-state index in [1.54, 1.807) is 0 Å². The van der Waals surface area contributed by atoms with Gasteiger partial charge in [-0.15, -0.1) is 0 Å². The van der Waals surface area contributed by atoms with E-state index in [1.165, 1.54) is 18.4 Å². The smallest absolute Gasteiger partial charge is 0.256 e. The summed E-state index contributed by atoms with van der Waals surface area (Å²) in [6.45, 7) is 1.36. The maximum atomic E-state index is 12.9. The van der Waals surface area contributed by atoms with E-state index in [4.69, 9.17) is 0 Å². The van der Waals surface area contributed by atoms with Crippen molar-refractivity contribution in [1.82, 2.24) is 19.4 Å². The first kappa shape index (κ1) is 15.3. The summed E-state index contributed by atoms with van der Waals surface area (Å²) >= 11 is 0. The van der Waals surface area contributed by atoms with E-state index in [2.05, 4.69) is 9.97 Å². The number of aromatic nitrogens is 3. The molecule has 5 nitrogen and oxygen atoms in total. The maximum Gasteiger partial charge on any atom is 0.256 e. The Bertz CT molecular complexity index is 923. The van der Waals surface area contributed by atoms with Gasteiger partial charge in [-0.2, -0.15) is 0 Å². The van der Waals surface area contributed by atoms with Gasteiger partial charge < -0.3 is 9.47 Å². The molecule has 3 heterocycles. The Hall–Kier alpha value is -2.95. The van der Waals surface area contributed by atoms with Crippen molar-refractivity contribution in [3.05, 3.63) is 78.1 Å². The van der Waals surface area contributed by atoms with Crippen molar-refractivity contribution in [2.45, 2.75) is 24.7 Å². The van der Waals surface area contributed by atoms with Crippen LogP contribution in [0.2, 0.25) is 0 Å². The summed E-state index contributed by atoms with van der Waals surface area (Å²) < 4.78 is 1.98. The molecule has 3 aromatic rings. The van der Waals surface area contributed by atoms with Crippen LogP contribution in [-0.4, -0.2) is 38.4 Å². The lowest BCUT2D eigenvalue weighted by atomic mass is 9.97.